The first-order valence-corrected chi connectivity index (χ1v) is 9.52. The predicted octanol–water partition coefficient (Wildman–Crippen LogP) is 3.27. The standard InChI is InChI=1S/C16H15N3O2S2/c1-23(21)10-11-4-2-5-12(8-11)15(20)19-16-18-14(9-22-16)13-6-3-7-17-13/h2-9,17H,10H2,1H3,(H,18,19,20). The van der Waals surface area contributed by atoms with E-state index in [4.69, 9.17) is 0 Å². The number of nitrogens with one attached hydrogen (secondary N) is 2. The van der Waals surface area contributed by atoms with Crippen LogP contribution in [-0.4, -0.2) is 26.3 Å². The third-order valence-corrected chi connectivity index (χ3v) is 4.66. The molecule has 1 atom stereocenters. The van der Waals surface area contributed by atoms with E-state index in [-0.39, 0.29) is 5.91 Å². The number of anilines is 1. The average Bonchev–Trinajstić information content (AvgIpc) is 3.17. The number of hydrogen-bond acceptors (Lipinski definition) is 4. The Kier molecular flexibility index (Phi) is 4.68. The van der Waals surface area contributed by atoms with E-state index in [0.29, 0.717) is 16.4 Å². The van der Waals surface area contributed by atoms with Gasteiger partial charge in [-0.25, -0.2) is 4.98 Å². The van der Waals surface area contributed by atoms with E-state index < -0.39 is 10.8 Å². The second-order valence-corrected chi connectivity index (χ2v) is 7.29. The molecule has 2 N–H and O–H groups in total. The first-order chi connectivity index (χ1) is 11.1. The van der Waals surface area contributed by atoms with Crippen molar-refractivity contribution in [2.24, 2.45) is 0 Å². The van der Waals surface area contributed by atoms with Crippen molar-refractivity contribution in [3.8, 4) is 11.4 Å². The molecule has 3 rings (SSSR count). The van der Waals surface area contributed by atoms with Crippen molar-refractivity contribution >= 4 is 33.2 Å². The molecule has 1 aromatic carbocycles. The number of thiazole rings is 1. The number of amides is 1. The van der Waals surface area contributed by atoms with Crippen molar-refractivity contribution in [2.75, 3.05) is 11.6 Å². The van der Waals surface area contributed by atoms with Crippen LogP contribution in [0.2, 0.25) is 0 Å². The number of carbonyl (C=O) groups is 1. The number of carbonyl (C=O) groups excluding carboxylic acids is 1. The topological polar surface area (TPSA) is 74.8 Å². The molecule has 2 heterocycles. The van der Waals surface area contributed by atoms with E-state index in [1.807, 2.05) is 29.8 Å². The molecule has 0 aliphatic carbocycles. The summed E-state index contributed by atoms with van der Waals surface area (Å²) in [5, 5.41) is 5.23. The first kappa shape index (κ1) is 15.6. The molecular formula is C16H15N3O2S2. The lowest BCUT2D eigenvalue weighted by Gasteiger charge is -2.04. The van der Waals surface area contributed by atoms with Crippen LogP contribution < -0.4 is 5.32 Å². The van der Waals surface area contributed by atoms with E-state index in [1.54, 1.807) is 24.5 Å². The van der Waals surface area contributed by atoms with Crippen molar-refractivity contribution < 1.29 is 9.00 Å². The zero-order chi connectivity index (χ0) is 16.2. The zero-order valence-corrected chi connectivity index (χ0v) is 14.0. The van der Waals surface area contributed by atoms with Crippen LogP contribution in [0.4, 0.5) is 5.13 Å². The van der Waals surface area contributed by atoms with Crippen LogP contribution in [0, 0.1) is 0 Å². The lowest BCUT2D eigenvalue weighted by atomic mass is 10.1. The molecule has 0 aliphatic rings. The fourth-order valence-corrected chi connectivity index (χ4v) is 3.51. The van der Waals surface area contributed by atoms with Gasteiger partial charge in [0, 0.05) is 39.9 Å². The average molecular weight is 345 g/mol. The number of benzene rings is 1. The summed E-state index contributed by atoms with van der Waals surface area (Å²) >= 11 is 1.37. The summed E-state index contributed by atoms with van der Waals surface area (Å²) in [6.45, 7) is 0. The molecule has 1 amide bonds. The van der Waals surface area contributed by atoms with Crippen molar-refractivity contribution in [3.63, 3.8) is 0 Å². The molecule has 5 nitrogen and oxygen atoms in total. The molecule has 0 radical (unpaired) electrons. The minimum atomic E-state index is -0.935. The highest BCUT2D eigenvalue weighted by Gasteiger charge is 2.11. The number of rotatable bonds is 5. The van der Waals surface area contributed by atoms with E-state index in [9.17, 15) is 9.00 Å². The van der Waals surface area contributed by atoms with Crippen LogP contribution in [0.25, 0.3) is 11.4 Å². The predicted molar refractivity (Wildman–Crippen MR) is 94.1 cm³/mol. The second-order valence-electron chi connectivity index (χ2n) is 4.99. The zero-order valence-electron chi connectivity index (χ0n) is 12.4. The van der Waals surface area contributed by atoms with Gasteiger partial charge in [-0.3, -0.25) is 14.3 Å². The molecule has 118 valence electrons. The number of aromatic amines is 1. The molecule has 1 unspecified atom stereocenters. The van der Waals surface area contributed by atoms with Crippen molar-refractivity contribution in [1.29, 1.82) is 0 Å². The van der Waals surface area contributed by atoms with Gasteiger partial charge in [0.15, 0.2) is 5.13 Å². The van der Waals surface area contributed by atoms with Gasteiger partial charge in [0.2, 0.25) is 0 Å². The van der Waals surface area contributed by atoms with Crippen LogP contribution in [0.15, 0.2) is 48.0 Å². The van der Waals surface area contributed by atoms with Gasteiger partial charge in [-0.15, -0.1) is 11.3 Å². The van der Waals surface area contributed by atoms with Crippen LogP contribution in [0.3, 0.4) is 0 Å². The van der Waals surface area contributed by atoms with Gasteiger partial charge in [0.05, 0.1) is 11.4 Å². The van der Waals surface area contributed by atoms with Gasteiger partial charge < -0.3 is 4.98 Å². The quantitative estimate of drug-likeness (QED) is 0.745. The highest BCUT2D eigenvalue weighted by Crippen LogP contribution is 2.24. The third kappa shape index (κ3) is 3.94. The van der Waals surface area contributed by atoms with Gasteiger partial charge >= 0.3 is 0 Å². The Bertz CT molecular complexity index is 841. The molecular weight excluding hydrogens is 330 g/mol. The molecule has 0 saturated heterocycles. The molecule has 7 heteroatoms. The van der Waals surface area contributed by atoms with Gasteiger partial charge in [-0.1, -0.05) is 12.1 Å². The molecule has 0 aliphatic heterocycles. The maximum atomic E-state index is 12.3. The Morgan fingerprint density at radius 3 is 2.96 bits per heavy atom. The molecule has 0 saturated carbocycles. The van der Waals surface area contributed by atoms with Crippen molar-refractivity contribution in [3.05, 3.63) is 59.1 Å². The summed E-state index contributed by atoms with van der Waals surface area (Å²) in [7, 11) is -0.935. The lowest BCUT2D eigenvalue weighted by Crippen LogP contribution is -2.12. The molecule has 3 aromatic rings. The SMILES string of the molecule is CS(=O)Cc1cccc(C(=O)Nc2nc(-c3ccc[nH]3)cs2)c1. The number of nitrogens with zero attached hydrogens (tertiary/aromatic N) is 1. The second kappa shape index (κ2) is 6.89. The van der Waals surface area contributed by atoms with Gasteiger partial charge in [-0.2, -0.15) is 0 Å². The number of H-pyrrole nitrogens is 1. The summed E-state index contributed by atoms with van der Waals surface area (Å²) in [6.07, 6.45) is 3.47. The molecule has 23 heavy (non-hydrogen) atoms. The molecule has 0 fully saturated rings. The third-order valence-electron chi connectivity index (χ3n) is 3.16. The fraction of sp³-hybridized carbons (Fsp3) is 0.125. The Morgan fingerprint density at radius 1 is 1.35 bits per heavy atom. The van der Waals surface area contributed by atoms with Crippen LogP contribution in [0.5, 0.6) is 0 Å². The van der Waals surface area contributed by atoms with Crippen molar-refractivity contribution in [1.82, 2.24) is 9.97 Å². The van der Waals surface area contributed by atoms with Crippen LogP contribution >= 0.6 is 11.3 Å². The number of hydrogen-bond donors (Lipinski definition) is 2. The smallest absolute Gasteiger partial charge is 0.257 e. The van der Waals surface area contributed by atoms with E-state index >= 15 is 0 Å². The number of aromatic nitrogens is 2. The molecule has 0 bridgehead atoms. The maximum absolute atomic E-state index is 12.3. The highest BCUT2D eigenvalue weighted by molar-refractivity contribution is 7.83. The summed E-state index contributed by atoms with van der Waals surface area (Å²) in [4.78, 5) is 19.8. The van der Waals surface area contributed by atoms with Crippen LogP contribution in [-0.2, 0) is 16.6 Å². The van der Waals surface area contributed by atoms with Crippen LogP contribution in [0.1, 0.15) is 15.9 Å². The summed E-state index contributed by atoms with van der Waals surface area (Å²) in [5.41, 5.74) is 3.12. The summed E-state index contributed by atoms with van der Waals surface area (Å²) in [5.74, 6) is 0.219. The Labute approximate surface area is 140 Å². The van der Waals surface area contributed by atoms with Gasteiger partial charge in [0.25, 0.3) is 5.91 Å². The van der Waals surface area contributed by atoms with E-state index in [0.717, 1.165) is 17.0 Å². The van der Waals surface area contributed by atoms with Gasteiger partial charge in [0.1, 0.15) is 0 Å². The Hall–Kier alpha value is -2.25. The monoisotopic (exact) mass is 345 g/mol. The minimum Gasteiger partial charge on any atom is -0.360 e. The van der Waals surface area contributed by atoms with Crippen molar-refractivity contribution in [2.45, 2.75) is 5.75 Å². The van der Waals surface area contributed by atoms with E-state index in [2.05, 4.69) is 15.3 Å². The molecule has 2 aromatic heterocycles. The Balaban J connectivity index is 1.73. The Morgan fingerprint density at radius 2 is 2.22 bits per heavy atom. The minimum absolute atomic E-state index is 0.221. The fourth-order valence-electron chi connectivity index (χ4n) is 2.15. The summed E-state index contributed by atoms with van der Waals surface area (Å²) in [6, 6.07) is 11.0. The maximum Gasteiger partial charge on any atom is 0.257 e. The van der Waals surface area contributed by atoms with E-state index in [1.165, 1.54) is 11.3 Å². The van der Waals surface area contributed by atoms with Gasteiger partial charge in [-0.05, 0) is 29.8 Å². The first-order valence-electron chi connectivity index (χ1n) is 6.91. The highest BCUT2D eigenvalue weighted by atomic mass is 32.2. The summed E-state index contributed by atoms with van der Waals surface area (Å²) < 4.78 is 11.3. The normalized spacial score (nSPS) is 12.0. The lowest BCUT2D eigenvalue weighted by molar-refractivity contribution is 0.102. The molecule has 0 spiro atoms. The largest absolute Gasteiger partial charge is 0.360 e.